The fraction of sp³-hybridized carbons (Fsp3) is 0.619. The monoisotopic (exact) mass is 1200 g/mol. The van der Waals surface area contributed by atoms with Gasteiger partial charge in [0.25, 0.3) is 0 Å². The van der Waals surface area contributed by atoms with E-state index in [2.05, 4.69) is 143 Å². The lowest BCUT2D eigenvalue weighted by Crippen LogP contribution is -2.24. The molecule has 424 valence electrons. The topological polar surface area (TPSA) is 132 Å². The van der Waals surface area contributed by atoms with Crippen molar-refractivity contribution in [1.82, 2.24) is 0 Å². The molecule has 0 saturated heterocycles. The summed E-state index contributed by atoms with van der Waals surface area (Å²) >= 11 is 6.69. The van der Waals surface area contributed by atoms with Gasteiger partial charge in [0.2, 0.25) is 0 Å². The maximum Gasteiger partial charge on any atom is 0.152 e. The highest BCUT2D eigenvalue weighted by atomic mass is 79.9. The second kappa shape index (κ2) is 47.5. The number of carbonyl (C=O) groups is 4. The number of aldehydes is 2. The van der Waals surface area contributed by atoms with E-state index in [0.717, 1.165) is 93.0 Å². The third kappa shape index (κ3) is 42.5. The van der Waals surface area contributed by atoms with Gasteiger partial charge in [-0.1, -0.05) is 113 Å². The molecule has 5 aliphatic rings. The van der Waals surface area contributed by atoms with Gasteiger partial charge in [-0.3, -0.25) is 9.59 Å². The lowest BCUT2D eigenvalue weighted by Gasteiger charge is -2.25. The minimum Gasteiger partial charge on any atom is -0.370 e. The van der Waals surface area contributed by atoms with Gasteiger partial charge in [0, 0.05) is 32.1 Å². The third-order valence-corrected chi connectivity index (χ3v) is 13.3. The van der Waals surface area contributed by atoms with Crippen molar-refractivity contribution in [3.63, 3.8) is 0 Å². The van der Waals surface area contributed by atoms with Crippen LogP contribution in [-0.2, 0) is 47.4 Å². The zero-order chi connectivity index (χ0) is 56.8. The third-order valence-electron chi connectivity index (χ3n) is 11.4. The molecule has 0 spiro atoms. The van der Waals surface area contributed by atoms with Gasteiger partial charge in [-0.15, -0.1) is 35.5 Å². The molecule has 0 N–H and O–H groups in total. The molecule has 5 aliphatic heterocycles. The summed E-state index contributed by atoms with van der Waals surface area (Å²) in [6.07, 6.45) is 47.9. The van der Waals surface area contributed by atoms with Crippen molar-refractivity contribution in [3.8, 4) is 35.5 Å². The first-order chi connectivity index (χ1) is 36.4. The van der Waals surface area contributed by atoms with Crippen molar-refractivity contribution in [2.45, 2.75) is 232 Å². The van der Waals surface area contributed by atoms with Crippen LogP contribution in [0.1, 0.15) is 171 Å². The van der Waals surface area contributed by atoms with E-state index in [9.17, 15) is 23.7 Å². The average molecular weight is 1200 g/mol. The van der Waals surface area contributed by atoms with E-state index >= 15 is 0 Å². The summed E-state index contributed by atoms with van der Waals surface area (Å²) in [6.45, 7) is 18.3. The van der Waals surface area contributed by atoms with Crippen LogP contribution in [0.4, 0.5) is 0 Å². The van der Waals surface area contributed by atoms with Gasteiger partial charge < -0.3 is 37.8 Å². The summed E-state index contributed by atoms with van der Waals surface area (Å²) in [5.74, 6) is 17.7. The molecule has 0 bridgehead atoms. The number of halogens is 2. The fourth-order valence-electron chi connectivity index (χ4n) is 8.03. The van der Waals surface area contributed by atoms with Crippen molar-refractivity contribution >= 4 is 63.1 Å². The van der Waals surface area contributed by atoms with E-state index in [1.165, 1.54) is 32.6 Å². The first-order valence-electron chi connectivity index (χ1n) is 27.3. The van der Waals surface area contributed by atoms with E-state index in [0.29, 0.717) is 31.2 Å². The van der Waals surface area contributed by atoms with Crippen LogP contribution in [0.25, 0.3) is 0 Å². The van der Waals surface area contributed by atoms with E-state index in [4.69, 9.17) is 23.7 Å². The van der Waals surface area contributed by atoms with Crippen molar-refractivity contribution in [2.75, 3.05) is 19.5 Å². The number of ether oxygens (including phenoxy) is 5. The molecule has 0 saturated carbocycles. The Balaban J connectivity index is 0.000000897. The number of allylic oxidation sites excluding steroid dienone is 1. The first-order valence-corrected chi connectivity index (χ1v) is 31.7. The summed E-state index contributed by atoms with van der Waals surface area (Å²) in [5, 5.41) is 0. The van der Waals surface area contributed by atoms with E-state index in [1.54, 1.807) is 26.3 Å². The molecule has 0 radical (unpaired) electrons. The number of Topliss-reactive ketones (excluding diaryl/α,β-unsaturated/α-hetero) is 1. The number of ketones is 2. The summed E-state index contributed by atoms with van der Waals surface area (Å²) < 4.78 is 40.6. The Morgan fingerprint density at radius 1 is 0.539 bits per heavy atom. The van der Waals surface area contributed by atoms with Gasteiger partial charge >= 0.3 is 0 Å². The lowest BCUT2D eigenvalue weighted by molar-refractivity contribution is -0.115. The maximum atomic E-state index is 10.8. The minimum atomic E-state index is -2.07. The highest BCUT2D eigenvalue weighted by Crippen LogP contribution is 2.35. The van der Waals surface area contributed by atoms with Crippen LogP contribution in [0.15, 0.2) is 82.4 Å². The molecule has 0 aromatic heterocycles. The fourth-order valence-corrected chi connectivity index (χ4v) is 9.48. The molecule has 0 fully saturated rings. The lowest BCUT2D eigenvalue weighted by atomic mass is 10.1. The Bertz CT molecular complexity index is 2080. The van der Waals surface area contributed by atoms with E-state index < -0.39 is 7.14 Å². The Hall–Kier alpha value is -3.47. The number of hydrogen-bond acceptors (Lipinski definition) is 10. The second-order valence-corrected chi connectivity index (χ2v) is 25.5. The summed E-state index contributed by atoms with van der Waals surface area (Å²) in [4.78, 5) is 41.5. The summed E-state index contributed by atoms with van der Waals surface area (Å²) in [5.41, 5.74) is 0. The average Bonchev–Trinajstić information content (AvgIpc) is 3.37. The van der Waals surface area contributed by atoms with Crippen LogP contribution >= 0.6 is 39.0 Å². The molecule has 10 nitrogen and oxygen atoms in total. The highest BCUT2D eigenvalue weighted by Gasteiger charge is 2.20. The zero-order valence-corrected chi connectivity index (χ0v) is 51.7. The van der Waals surface area contributed by atoms with Gasteiger partial charge in [0.15, 0.2) is 5.78 Å². The van der Waals surface area contributed by atoms with Gasteiger partial charge in [0.05, 0.1) is 77.7 Å². The van der Waals surface area contributed by atoms with Gasteiger partial charge in [-0.05, 0) is 150 Å². The van der Waals surface area contributed by atoms with Crippen molar-refractivity contribution < 1.29 is 47.4 Å². The SMILES string of the molecule is CC#CC[C@@H]1C=CC[C@@H](C/C=C/C(C)=O)O1.CC#CC[C@@H]1C=CC[C@@H](CC=O)O1.CC#CC[C@@H]1C=CC[C@@H](CCC)O1.CC(=O)CP(C)(C)=O.CCC[C@@H]1CC=C[C@@H](CC=C(Br)Br)O1.CCC[C@@H]1CC=C[C@@H](CC=O)O1. The predicted molar refractivity (Wildman–Crippen MR) is 322 cm³/mol. The van der Waals surface area contributed by atoms with Crippen molar-refractivity contribution in [2.24, 2.45) is 0 Å². The van der Waals surface area contributed by atoms with Crippen molar-refractivity contribution in [3.05, 3.63) is 82.4 Å². The zero-order valence-electron chi connectivity index (χ0n) is 47.7. The Morgan fingerprint density at radius 2 is 0.882 bits per heavy atom. The number of hydrogen-bond donors (Lipinski definition) is 0. The molecular weight excluding hydrogens is 1110 g/mol. The van der Waals surface area contributed by atoms with Gasteiger partial charge in [-0.25, -0.2) is 0 Å². The molecule has 5 rings (SSSR count). The molecule has 0 aromatic rings. The van der Waals surface area contributed by atoms with Gasteiger partial charge in [0.1, 0.15) is 18.4 Å². The quantitative estimate of drug-likeness (QED) is 0.0382. The predicted octanol–water partition coefficient (Wildman–Crippen LogP) is 15.1. The molecule has 0 amide bonds. The summed E-state index contributed by atoms with van der Waals surface area (Å²) in [6, 6.07) is 0. The van der Waals surface area contributed by atoms with Crippen LogP contribution in [0, 0.1) is 35.5 Å². The van der Waals surface area contributed by atoms with E-state index in [1.807, 2.05) is 39.0 Å². The molecule has 0 aromatic carbocycles. The molecule has 13 heteroatoms. The molecule has 76 heavy (non-hydrogen) atoms. The Morgan fingerprint density at radius 3 is 1.20 bits per heavy atom. The molecular formula is C63H93Br2O10P. The number of rotatable bonds is 20. The smallest absolute Gasteiger partial charge is 0.152 e. The first kappa shape index (κ1) is 72.5. The minimum absolute atomic E-state index is 0.0123. The summed E-state index contributed by atoms with van der Waals surface area (Å²) in [7, 11) is -2.07. The van der Waals surface area contributed by atoms with Crippen LogP contribution < -0.4 is 0 Å². The van der Waals surface area contributed by atoms with Crippen LogP contribution in [0.5, 0.6) is 0 Å². The molecule has 10 atom stereocenters. The van der Waals surface area contributed by atoms with Crippen LogP contribution in [0.2, 0.25) is 0 Å². The molecule has 0 aliphatic carbocycles. The van der Waals surface area contributed by atoms with Crippen LogP contribution in [0.3, 0.4) is 0 Å². The molecule has 5 heterocycles. The standard InChI is InChI=1S/C14H18O2.C12H18O.C11H16Br2O.C11H14O2.C10H16O2.C5H11O2P/c1-3-4-8-13-10-6-11-14(16-13)9-5-7-12(2)15;1-3-5-8-12-10-6-9-11(13-12)7-4-2;1-2-4-9-5-3-6-10(14-9)7-8-11(12)13;1-2-3-5-10-6-4-7-11(13-10)8-9-12;1-2-4-9-5-3-6-10(12-9)7-8-11;1-5(6)4-8(2,3)7/h5-7,10,13-14H,8-9,11H2,1-2H3;6,10-12H,4,7-9H2,1-2H3;3,6,8-10H,2,4-5,7H2,1H3;4,6,9-11H,5,7-8H2,1H3;3,6,8-10H,2,4-5,7H2,1H3;4H2,1-3H3/b7-5+;;;;;/t13-,14-;11-,12-;9-,10+;10-,11+;9-,10+;/m11111./s1. The highest BCUT2D eigenvalue weighted by molar-refractivity contribution is 9.28. The van der Waals surface area contributed by atoms with Gasteiger partial charge in [-0.2, -0.15) is 0 Å². The van der Waals surface area contributed by atoms with E-state index in [-0.39, 0.29) is 60.5 Å². The normalized spacial score (nSPS) is 24.7. The Kier molecular flexibility index (Phi) is 45.4. The van der Waals surface area contributed by atoms with Crippen molar-refractivity contribution in [1.29, 1.82) is 0 Å². The second-order valence-electron chi connectivity index (χ2n) is 19.3. The van der Waals surface area contributed by atoms with Crippen LogP contribution in [-0.4, -0.2) is 105 Å². The Labute approximate surface area is 477 Å². The maximum absolute atomic E-state index is 10.8. The largest absolute Gasteiger partial charge is 0.370 e. The number of carbonyl (C=O) groups excluding carboxylic acids is 4. The molecule has 0 unspecified atom stereocenters.